The first-order valence-corrected chi connectivity index (χ1v) is 13.1. The molecule has 0 unspecified atom stereocenters. The van der Waals surface area contributed by atoms with Crippen molar-refractivity contribution in [3.05, 3.63) is 65.1 Å². The fourth-order valence-electron chi connectivity index (χ4n) is 3.72. The summed E-state index contributed by atoms with van der Waals surface area (Å²) in [5.74, 6) is 0.849. The summed E-state index contributed by atoms with van der Waals surface area (Å²) in [5.41, 5.74) is 1.39. The fraction of sp³-hybridized carbons (Fsp3) is 0.409. The largest absolute Gasteiger partial charge is 0.298 e. The molecular weight excluding hydrogens is 490 g/mol. The van der Waals surface area contributed by atoms with E-state index in [0.717, 1.165) is 5.69 Å². The Bertz CT molecular complexity index is 1430. The SMILES string of the molecule is Cc1cccc(-c2nnc(CS(=O)(=O)[C@@H](C)[C@H](C)c3ncc(Cl)cn3)n2[C@@H](C)c2ncn(C)n2)n1. The van der Waals surface area contributed by atoms with Crippen molar-refractivity contribution in [3.63, 3.8) is 0 Å². The third-order valence-corrected chi connectivity index (χ3v) is 8.31. The Labute approximate surface area is 208 Å². The Balaban J connectivity index is 1.72. The van der Waals surface area contributed by atoms with Crippen molar-refractivity contribution in [2.75, 3.05) is 0 Å². The smallest absolute Gasteiger partial charge is 0.183 e. The first kappa shape index (κ1) is 24.9. The van der Waals surface area contributed by atoms with Gasteiger partial charge < -0.3 is 0 Å². The maximum absolute atomic E-state index is 13.5. The van der Waals surface area contributed by atoms with E-state index < -0.39 is 27.0 Å². The minimum Gasteiger partial charge on any atom is -0.298 e. The van der Waals surface area contributed by atoms with Gasteiger partial charge in [0.2, 0.25) is 0 Å². The van der Waals surface area contributed by atoms with Crippen LogP contribution in [0.1, 0.15) is 55.9 Å². The first-order chi connectivity index (χ1) is 16.6. The molecule has 0 aromatic carbocycles. The van der Waals surface area contributed by atoms with Crippen molar-refractivity contribution in [1.29, 1.82) is 0 Å². The zero-order valence-corrected chi connectivity index (χ0v) is 21.6. The molecule has 0 spiro atoms. The van der Waals surface area contributed by atoms with E-state index in [0.29, 0.717) is 28.2 Å². The van der Waals surface area contributed by atoms with Crippen LogP contribution in [0.25, 0.3) is 11.5 Å². The van der Waals surface area contributed by atoms with Gasteiger partial charge >= 0.3 is 0 Å². The first-order valence-electron chi connectivity index (χ1n) is 11.0. The molecule has 0 N–H and O–H groups in total. The molecule has 11 nitrogen and oxygen atoms in total. The summed E-state index contributed by atoms with van der Waals surface area (Å²) in [6.45, 7) is 7.17. The Morgan fingerprint density at radius 3 is 2.37 bits per heavy atom. The molecule has 0 aliphatic rings. The predicted molar refractivity (Wildman–Crippen MR) is 130 cm³/mol. The molecule has 0 amide bonds. The summed E-state index contributed by atoms with van der Waals surface area (Å²) >= 11 is 5.88. The molecule has 0 bridgehead atoms. The lowest BCUT2D eigenvalue weighted by Gasteiger charge is -2.20. The summed E-state index contributed by atoms with van der Waals surface area (Å²) < 4.78 is 30.3. The zero-order chi connectivity index (χ0) is 25.3. The Morgan fingerprint density at radius 2 is 1.74 bits per heavy atom. The van der Waals surface area contributed by atoms with Crippen LogP contribution in [0.2, 0.25) is 5.02 Å². The molecule has 35 heavy (non-hydrogen) atoms. The van der Waals surface area contributed by atoms with Crippen molar-refractivity contribution < 1.29 is 8.42 Å². The van der Waals surface area contributed by atoms with Crippen LogP contribution in [0.15, 0.2) is 36.9 Å². The number of aryl methyl sites for hydroxylation is 2. The quantitative estimate of drug-likeness (QED) is 0.347. The molecule has 0 radical (unpaired) electrons. The van der Waals surface area contributed by atoms with Gasteiger partial charge in [0.25, 0.3) is 0 Å². The second-order valence-electron chi connectivity index (χ2n) is 8.49. The van der Waals surface area contributed by atoms with Gasteiger partial charge in [-0.05, 0) is 32.9 Å². The van der Waals surface area contributed by atoms with Gasteiger partial charge in [-0.1, -0.05) is 24.6 Å². The average Bonchev–Trinajstić information content (AvgIpc) is 3.44. The van der Waals surface area contributed by atoms with Gasteiger partial charge in [0.05, 0.1) is 16.3 Å². The fourth-order valence-corrected chi connectivity index (χ4v) is 5.38. The van der Waals surface area contributed by atoms with E-state index in [1.807, 2.05) is 32.0 Å². The molecule has 13 heteroatoms. The molecule has 4 rings (SSSR count). The van der Waals surface area contributed by atoms with Gasteiger partial charge in [-0.3, -0.25) is 9.25 Å². The van der Waals surface area contributed by atoms with E-state index in [4.69, 9.17) is 11.6 Å². The summed E-state index contributed by atoms with van der Waals surface area (Å²) in [5, 5.41) is 12.6. The van der Waals surface area contributed by atoms with Crippen LogP contribution < -0.4 is 0 Å². The maximum atomic E-state index is 13.5. The highest BCUT2D eigenvalue weighted by molar-refractivity contribution is 7.91. The molecule has 0 aliphatic carbocycles. The Hall–Kier alpha value is -3.25. The molecule has 184 valence electrons. The van der Waals surface area contributed by atoms with Crippen molar-refractivity contribution in [2.45, 2.75) is 50.7 Å². The molecule has 0 fully saturated rings. The van der Waals surface area contributed by atoms with E-state index in [1.165, 1.54) is 12.4 Å². The van der Waals surface area contributed by atoms with Gasteiger partial charge in [0.1, 0.15) is 29.4 Å². The number of pyridine rings is 1. The van der Waals surface area contributed by atoms with Crippen LogP contribution in [-0.2, 0) is 22.6 Å². The van der Waals surface area contributed by atoms with Crippen LogP contribution in [0.3, 0.4) is 0 Å². The number of nitrogens with zero attached hydrogens (tertiary/aromatic N) is 9. The molecular formula is C22H26ClN9O2S. The van der Waals surface area contributed by atoms with Crippen molar-refractivity contribution in [1.82, 2.24) is 44.5 Å². The lowest BCUT2D eigenvalue weighted by atomic mass is 10.1. The summed E-state index contributed by atoms with van der Waals surface area (Å²) in [7, 11) is -1.91. The molecule has 0 aliphatic heterocycles. The normalized spacial score (nSPS) is 14.6. The summed E-state index contributed by atoms with van der Waals surface area (Å²) in [6, 6.07) is 5.13. The van der Waals surface area contributed by atoms with Gasteiger partial charge in [-0.25, -0.2) is 28.4 Å². The number of sulfone groups is 1. The third-order valence-electron chi connectivity index (χ3n) is 5.91. The van der Waals surface area contributed by atoms with E-state index in [-0.39, 0.29) is 11.6 Å². The van der Waals surface area contributed by atoms with Crippen molar-refractivity contribution >= 4 is 21.4 Å². The molecule has 0 saturated carbocycles. The summed E-state index contributed by atoms with van der Waals surface area (Å²) in [4.78, 5) is 17.3. The zero-order valence-electron chi connectivity index (χ0n) is 20.0. The predicted octanol–water partition coefficient (Wildman–Crippen LogP) is 2.94. The Morgan fingerprint density at radius 1 is 1.03 bits per heavy atom. The van der Waals surface area contributed by atoms with E-state index >= 15 is 0 Å². The van der Waals surface area contributed by atoms with Gasteiger partial charge in [-0.15, -0.1) is 10.2 Å². The number of aromatic nitrogens is 9. The minimum atomic E-state index is -3.68. The standard InChI is InChI=1S/C22H26ClN9O2S/c1-13-7-6-8-18(27-13)22-29-28-19(32(22)15(3)21-26-12-31(5)30-21)11-35(33,34)16(4)14(2)20-24-9-17(23)10-25-20/h6-10,12,14-16H,11H2,1-5H3/t14-,15-,16-/m0/s1. The van der Waals surface area contributed by atoms with E-state index in [2.05, 4.69) is 35.2 Å². The van der Waals surface area contributed by atoms with E-state index in [9.17, 15) is 8.42 Å². The number of rotatable bonds is 8. The maximum Gasteiger partial charge on any atom is 0.183 e. The van der Waals surface area contributed by atoms with Crippen LogP contribution in [0, 0.1) is 6.92 Å². The third kappa shape index (κ3) is 5.22. The minimum absolute atomic E-state index is 0.277. The van der Waals surface area contributed by atoms with Gasteiger partial charge in [-0.2, -0.15) is 5.10 Å². The second-order valence-corrected chi connectivity index (χ2v) is 11.3. The lowest BCUT2D eigenvalue weighted by molar-refractivity contribution is 0.549. The number of hydrogen-bond donors (Lipinski definition) is 0. The van der Waals surface area contributed by atoms with Crippen LogP contribution in [0.4, 0.5) is 0 Å². The molecule has 3 atom stereocenters. The molecule has 4 heterocycles. The second kappa shape index (κ2) is 9.78. The Kier molecular flexibility index (Phi) is 6.95. The molecule has 4 aromatic rings. The monoisotopic (exact) mass is 515 g/mol. The number of halogens is 1. The topological polar surface area (TPSA) is 134 Å². The number of hydrogen-bond acceptors (Lipinski definition) is 9. The van der Waals surface area contributed by atoms with Gasteiger partial charge in [0, 0.05) is 31.1 Å². The van der Waals surface area contributed by atoms with Gasteiger partial charge in [0.15, 0.2) is 21.5 Å². The van der Waals surface area contributed by atoms with Crippen molar-refractivity contribution in [2.24, 2.45) is 7.05 Å². The highest BCUT2D eigenvalue weighted by Gasteiger charge is 2.33. The average molecular weight is 516 g/mol. The van der Waals surface area contributed by atoms with Crippen LogP contribution in [-0.4, -0.2) is 58.1 Å². The van der Waals surface area contributed by atoms with Crippen molar-refractivity contribution in [3.8, 4) is 11.5 Å². The highest BCUT2D eigenvalue weighted by atomic mass is 35.5. The van der Waals surface area contributed by atoms with Crippen LogP contribution in [0.5, 0.6) is 0 Å². The molecule has 0 saturated heterocycles. The summed E-state index contributed by atoms with van der Waals surface area (Å²) in [6.07, 6.45) is 4.51. The highest BCUT2D eigenvalue weighted by Crippen LogP contribution is 2.28. The lowest BCUT2D eigenvalue weighted by Crippen LogP contribution is -2.28. The van der Waals surface area contributed by atoms with Crippen LogP contribution >= 0.6 is 11.6 Å². The molecule has 4 aromatic heterocycles. The van der Waals surface area contributed by atoms with E-state index in [1.54, 1.807) is 36.5 Å².